The first kappa shape index (κ1) is 21.3. The van der Waals surface area contributed by atoms with Gasteiger partial charge in [-0.2, -0.15) is 0 Å². The molecule has 0 aliphatic carbocycles. The number of methoxy groups -OCH3 is 1. The number of nitrogens with zero attached hydrogens (tertiary/aromatic N) is 2. The molecule has 0 spiro atoms. The third kappa shape index (κ3) is 4.28. The molecule has 3 rings (SSSR count). The largest absolute Gasteiger partial charge is 0.493 e. The summed E-state index contributed by atoms with van der Waals surface area (Å²) in [7, 11) is 1.53. The molecule has 2 atom stereocenters. The number of hydrogen-bond donors (Lipinski definition) is 2. The minimum Gasteiger partial charge on any atom is -0.493 e. The van der Waals surface area contributed by atoms with Crippen molar-refractivity contribution >= 4 is 11.9 Å². The summed E-state index contributed by atoms with van der Waals surface area (Å²) < 4.78 is 11.0. The zero-order chi connectivity index (χ0) is 21.7. The summed E-state index contributed by atoms with van der Waals surface area (Å²) in [5.74, 6) is 0.510. The SMILES string of the molecule is C=CCc1ccc(OC[C@H](O)CN2C(=O)N[C@](C)(c3ccccn3)C2=O)c(OC)c1. The molecule has 0 unspecified atom stereocenters. The fourth-order valence-corrected chi connectivity index (χ4v) is 3.27. The number of rotatable bonds is 9. The van der Waals surface area contributed by atoms with Gasteiger partial charge in [-0.1, -0.05) is 18.2 Å². The first-order chi connectivity index (χ1) is 14.4. The molecule has 0 saturated carbocycles. The summed E-state index contributed by atoms with van der Waals surface area (Å²) in [6.07, 6.45) is 2.96. The molecule has 158 valence electrons. The third-order valence-corrected chi connectivity index (χ3v) is 4.88. The van der Waals surface area contributed by atoms with Crippen molar-refractivity contribution in [3.8, 4) is 11.5 Å². The van der Waals surface area contributed by atoms with Gasteiger partial charge in [-0.15, -0.1) is 6.58 Å². The molecule has 8 nitrogen and oxygen atoms in total. The molecule has 30 heavy (non-hydrogen) atoms. The second-order valence-electron chi connectivity index (χ2n) is 7.13. The van der Waals surface area contributed by atoms with Gasteiger partial charge in [0.1, 0.15) is 12.7 Å². The lowest BCUT2D eigenvalue weighted by atomic mass is 9.97. The number of allylic oxidation sites excluding steroid dienone is 1. The Labute approximate surface area is 175 Å². The lowest BCUT2D eigenvalue weighted by Crippen LogP contribution is -2.43. The van der Waals surface area contributed by atoms with Gasteiger partial charge in [-0.3, -0.25) is 14.7 Å². The van der Waals surface area contributed by atoms with Gasteiger partial charge in [0.15, 0.2) is 17.0 Å². The lowest BCUT2D eigenvalue weighted by Gasteiger charge is -2.22. The van der Waals surface area contributed by atoms with Gasteiger partial charge in [0.05, 0.1) is 19.3 Å². The van der Waals surface area contributed by atoms with Crippen LogP contribution in [-0.2, 0) is 16.8 Å². The first-order valence-electron chi connectivity index (χ1n) is 9.53. The number of aliphatic hydroxyl groups excluding tert-OH is 1. The second kappa shape index (κ2) is 8.96. The number of aromatic nitrogens is 1. The molecule has 3 amide bonds. The van der Waals surface area contributed by atoms with Crippen LogP contribution in [0.5, 0.6) is 11.5 Å². The zero-order valence-electron chi connectivity index (χ0n) is 17.0. The van der Waals surface area contributed by atoms with Crippen molar-refractivity contribution < 1.29 is 24.2 Å². The third-order valence-electron chi connectivity index (χ3n) is 4.88. The standard InChI is InChI=1S/C22H25N3O5/c1-4-7-15-9-10-17(18(12-15)29-3)30-14-16(26)13-25-20(27)22(2,24-21(25)28)19-8-5-6-11-23-19/h4-6,8-12,16,26H,1,7,13-14H2,2-3H3,(H,24,28)/t16-,22-/m1/s1. The summed E-state index contributed by atoms with van der Waals surface area (Å²) in [6.45, 7) is 4.98. The Balaban J connectivity index is 1.64. The Hall–Kier alpha value is -3.39. The number of β-amino-alcohol motifs (C(OH)–C–C–N with tert-alkyl or cyclic N) is 1. The topological polar surface area (TPSA) is 101 Å². The van der Waals surface area contributed by atoms with E-state index in [0.29, 0.717) is 23.6 Å². The van der Waals surface area contributed by atoms with E-state index >= 15 is 0 Å². The van der Waals surface area contributed by atoms with Crippen molar-refractivity contribution in [1.82, 2.24) is 15.2 Å². The van der Waals surface area contributed by atoms with E-state index < -0.39 is 23.6 Å². The highest BCUT2D eigenvalue weighted by atomic mass is 16.5. The number of urea groups is 1. The number of carbonyl (C=O) groups is 2. The number of hydrogen-bond acceptors (Lipinski definition) is 6. The van der Waals surface area contributed by atoms with E-state index in [0.717, 1.165) is 10.5 Å². The van der Waals surface area contributed by atoms with Crippen molar-refractivity contribution in [2.45, 2.75) is 25.0 Å². The lowest BCUT2D eigenvalue weighted by molar-refractivity contribution is -0.132. The van der Waals surface area contributed by atoms with Crippen LogP contribution in [0.25, 0.3) is 0 Å². The Bertz CT molecular complexity index is 934. The summed E-state index contributed by atoms with van der Waals surface area (Å²) in [5.41, 5.74) is 0.173. The van der Waals surface area contributed by atoms with Crippen LogP contribution in [0.1, 0.15) is 18.2 Å². The predicted molar refractivity (Wildman–Crippen MR) is 110 cm³/mol. The summed E-state index contributed by atoms with van der Waals surface area (Å²) in [4.78, 5) is 30.4. The quantitative estimate of drug-likeness (QED) is 0.484. The number of carbonyl (C=O) groups excluding carboxylic acids is 2. The van der Waals surface area contributed by atoms with Crippen molar-refractivity contribution in [3.63, 3.8) is 0 Å². The van der Waals surface area contributed by atoms with Crippen molar-refractivity contribution in [3.05, 3.63) is 66.5 Å². The van der Waals surface area contributed by atoms with Crippen LogP contribution >= 0.6 is 0 Å². The summed E-state index contributed by atoms with van der Waals surface area (Å²) in [5, 5.41) is 13.0. The van der Waals surface area contributed by atoms with Gasteiger partial charge in [0.25, 0.3) is 5.91 Å². The monoisotopic (exact) mass is 411 g/mol. The average molecular weight is 411 g/mol. The van der Waals surface area contributed by atoms with E-state index in [4.69, 9.17) is 9.47 Å². The Morgan fingerprint density at radius 1 is 1.30 bits per heavy atom. The Morgan fingerprint density at radius 3 is 2.77 bits per heavy atom. The van der Waals surface area contributed by atoms with E-state index in [1.165, 1.54) is 7.11 Å². The Morgan fingerprint density at radius 2 is 2.10 bits per heavy atom. The minimum atomic E-state index is -1.27. The van der Waals surface area contributed by atoms with E-state index in [9.17, 15) is 14.7 Å². The number of pyridine rings is 1. The minimum absolute atomic E-state index is 0.117. The van der Waals surface area contributed by atoms with Gasteiger partial charge in [-0.05, 0) is 43.2 Å². The molecule has 1 aliphatic heterocycles. The van der Waals surface area contributed by atoms with Crippen molar-refractivity contribution in [2.75, 3.05) is 20.3 Å². The van der Waals surface area contributed by atoms with Gasteiger partial charge >= 0.3 is 6.03 Å². The molecule has 1 aromatic heterocycles. The highest BCUT2D eigenvalue weighted by molar-refractivity contribution is 6.07. The molecule has 1 aliphatic rings. The smallest absolute Gasteiger partial charge is 0.325 e. The molecule has 2 aromatic rings. The molecule has 2 heterocycles. The van der Waals surface area contributed by atoms with E-state index in [1.807, 2.05) is 12.1 Å². The molecule has 1 saturated heterocycles. The van der Waals surface area contributed by atoms with Crippen LogP contribution < -0.4 is 14.8 Å². The van der Waals surface area contributed by atoms with Gasteiger partial charge in [0, 0.05) is 6.20 Å². The molecule has 0 bridgehead atoms. The number of ether oxygens (including phenoxy) is 2. The van der Waals surface area contributed by atoms with E-state index in [-0.39, 0.29) is 13.2 Å². The maximum atomic E-state index is 12.9. The predicted octanol–water partition coefficient (Wildman–Crippen LogP) is 2.03. The highest BCUT2D eigenvalue weighted by Gasteiger charge is 2.50. The molecular formula is C22H25N3O5. The molecule has 8 heteroatoms. The molecular weight excluding hydrogens is 386 g/mol. The average Bonchev–Trinajstić information content (AvgIpc) is 2.97. The van der Waals surface area contributed by atoms with Gasteiger partial charge in [-0.25, -0.2) is 4.79 Å². The van der Waals surface area contributed by atoms with Crippen molar-refractivity contribution in [1.29, 1.82) is 0 Å². The summed E-state index contributed by atoms with van der Waals surface area (Å²) in [6, 6.07) is 10.0. The maximum Gasteiger partial charge on any atom is 0.325 e. The fraction of sp³-hybridized carbons (Fsp3) is 0.318. The van der Waals surface area contributed by atoms with Crippen LogP contribution in [0.4, 0.5) is 4.79 Å². The zero-order valence-corrected chi connectivity index (χ0v) is 17.0. The van der Waals surface area contributed by atoms with Crippen LogP contribution in [-0.4, -0.2) is 53.3 Å². The van der Waals surface area contributed by atoms with Crippen LogP contribution in [0.15, 0.2) is 55.3 Å². The summed E-state index contributed by atoms with van der Waals surface area (Å²) >= 11 is 0. The van der Waals surface area contributed by atoms with E-state index in [2.05, 4.69) is 16.9 Å². The molecule has 2 N–H and O–H groups in total. The number of amides is 3. The molecule has 1 fully saturated rings. The van der Waals surface area contributed by atoms with Crippen LogP contribution in [0, 0.1) is 0 Å². The molecule has 0 radical (unpaired) electrons. The number of benzene rings is 1. The highest BCUT2D eigenvalue weighted by Crippen LogP contribution is 2.29. The Kier molecular flexibility index (Phi) is 6.37. The van der Waals surface area contributed by atoms with Gasteiger partial charge < -0.3 is 19.9 Å². The molecule has 1 aromatic carbocycles. The van der Waals surface area contributed by atoms with Crippen LogP contribution in [0.3, 0.4) is 0 Å². The van der Waals surface area contributed by atoms with Crippen LogP contribution in [0.2, 0.25) is 0 Å². The van der Waals surface area contributed by atoms with Crippen molar-refractivity contribution in [2.24, 2.45) is 0 Å². The second-order valence-corrected chi connectivity index (χ2v) is 7.13. The number of nitrogens with one attached hydrogen (secondary N) is 1. The maximum absolute atomic E-state index is 12.9. The number of imide groups is 1. The fourth-order valence-electron chi connectivity index (χ4n) is 3.27. The number of aliphatic hydroxyl groups is 1. The van der Waals surface area contributed by atoms with Gasteiger partial charge in [0.2, 0.25) is 0 Å². The normalized spacial score (nSPS) is 19.4. The first-order valence-corrected chi connectivity index (χ1v) is 9.53. The van der Waals surface area contributed by atoms with E-state index in [1.54, 1.807) is 43.5 Å².